The Kier molecular flexibility index (Phi) is 2.99. The van der Waals surface area contributed by atoms with Crippen molar-refractivity contribution in [1.29, 1.82) is 0 Å². The zero-order valence-corrected chi connectivity index (χ0v) is 7.66. The van der Waals surface area contributed by atoms with Crippen LogP contribution < -0.4 is 5.32 Å². The lowest BCUT2D eigenvalue weighted by atomic mass is 9.80. The minimum atomic E-state index is -4.46. The van der Waals surface area contributed by atoms with Gasteiger partial charge in [0.25, 0.3) is 0 Å². The number of ketones is 1. The molecule has 0 aromatic carbocycles. The van der Waals surface area contributed by atoms with E-state index in [1.807, 2.05) is 0 Å². The average molecular weight is 207 g/mol. The highest BCUT2D eigenvalue weighted by Gasteiger charge is 2.60. The van der Waals surface area contributed by atoms with Gasteiger partial charge in [-0.3, -0.25) is 4.79 Å². The van der Waals surface area contributed by atoms with Crippen molar-refractivity contribution in [3.8, 4) is 0 Å². The number of carbonyl (C=O) groups is 1. The van der Waals surface area contributed by atoms with E-state index in [-0.39, 0.29) is 25.9 Å². The molecule has 1 heterocycles. The number of carbonyl (C=O) groups excluding carboxylic acids is 1. The van der Waals surface area contributed by atoms with E-state index in [1.165, 1.54) is 6.08 Å². The number of alkyl halides is 3. The zero-order valence-electron chi connectivity index (χ0n) is 7.66. The molecule has 1 fully saturated rings. The molecule has 0 radical (unpaired) electrons. The number of nitrogens with one attached hydrogen (secondary N) is 1. The molecule has 1 aliphatic heterocycles. The molecule has 1 saturated heterocycles. The van der Waals surface area contributed by atoms with Gasteiger partial charge in [0.05, 0.1) is 0 Å². The maximum atomic E-state index is 12.7. The van der Waals surface area contributed by atoms with Crippen molar-refractivity contribution in [3.05, 3.63) is 12.7 Å². The monoisotopic (exact) mass is 207 g/mol. The first-order chi connectivity index (χ1) is 6.44. The van der Waals surface area contributed by atoms with Crippen molar-refractivity contribution in [3.63, 3.8) is 0 Å². The number of allylic oxidation sites excluding steroid dienone is 1. The van der Waals surface area contributed by atoms with E-state index in [1.54, 1.807) is 0 Å². The van der Waals surface area contributed by atoms with E-state index >= 15 is 0 Å². The quantitative estimate of drug-likeness (QED) is 0.713. The summed E-state index contributed by atoms with van der Waals surface area (Å²) in [5.74, 6) is -0.787. The average Bonchev–Trinajstić information content (AvgIpc) is 2.51. The Hall–Kier alpha value is -0.840. The molecule has 14 heavy (non-hydrogen) atoms. The predicted octanol–water partition coefficient (Wildman–Crippen LogP) is 1.67. The van der Waals surface area contributed by atoms with Crippen molar-refractivity contribution in [1.82, 2.24) is 5.32 Å². The molecule has 5 heteroatoms. The molecule has 1 N–H and O–H groups in total. The van der Waals surface area contributed by atoms with Gasteiger partial charge in [0.15, 0.2) is 5.78 Å². The lowest BCUT2D eigenvalue weighted by Crippen LogP contribution is -2.46. The van der Waals surface area contributed by atoms with Crippen molar-refractivity contribution in [2.24, 2.45) is 5.41 Å². The minimum Gasteiger partial charge on any atom is -0.315 e. The van der Waals surface area contributed by atoms with Crippen molar-refractivity contribution >= 4 is 5.78 Å². The first-order valence-electron chi connectivity index (χ1n) is 4.36. The van der Waals surface area contributed by atoms with Crippen LogP contribution >= 0.6 is 0 Å². The Morgan fingerprint density at radius 3 is 2.57 bits per heavy atom. The predicted molar refractivity (Wildman–Crippen MR) is 45.8 cm³/mol. The normalized spacial score (nSPS) is 27.6. The van der Waals surface area contributed by atoms with Gasteiger partial charge >= 0.3 is 6.18 Å². The molecule has 1 unspecified atom stereocenters. The van der Waals surface area contributed by atoms with Crippen LogP contribution in [0.2, 0.25) is 0 Å². The number of rotatable bonds is 3. The Bertz CT molecular complexity index is 241. The lowest BCUT2D eigenvalue weighted by molar-refractivity contribution is -0.214. The summed E-state index contributed by atoms with van der Waals surface area (Å²) in [6.07, 6.45) is -3.63. The zero-order chi connectivity index (χ0) is 10.8. The van der Waals surface area contributed by atoms with Gasteiger partial charge in [0.2, 0.25) is 0 Å². The van der Waals surface area contributed by atoms with E-state index in [9.17, 15) is 18.0 Å². The molecular formula is C9H12F3NO. The summed E-state index contributed by atoms with van der Waals surface area (Å²) < 4.78 is 38.1. The summed E-state index contributed by atoms with van der Waals surface area (Å²) in [6, 6.07) is 0. The SMILES string of the molecule is C=CCC(=O)C1(C(F)(F)F)CCNC1. The van der Waals surface area contributed by atoms with Gasteiger partial charge in [-0.1, -0.05) is 6.08 Å². The molecule has 1 aliphatic rings. The Labute approximate surface area is 80.2 Å². The molecule has 0 spiro atoms. The maximum absolute atomic E-state index is 12.7. The standard InChI is InChI=1S/C9H12F3NO/c1-2-3-7(14)8(9(10,11)12)4-5-13-6-8/h2,13H,1,3-6H2. The second-order valence-corrected chi connectivity index (χ2v) is 3.42. The molecule has 80 valence electrons. The van der Waals surface area contributed by atoms with Gasteiger partial charge in [-0.05, 0) is 13.0 Å². The number of Topliss-reactive ketones (excluding diaryl/α,β-unsaturated/α-hetero) is 1. The van der Waals surface area contributed by atoms with E-state index in [4.69, 9.17) is 0 Å². The highest BCUT2D eigenvalue weighted by Crippen LogP contribution is 2.44. The molecule has 1 rings (SSSR count). The largest absolute Gasteiger partial charge is 0.402 e. The fraction of sp³-hybridized carbons (Fsp3) is 0.667. The first kappa shape index (κ1) is 11.2. The maximum Gasteiger partial charge on any atom is 0.402 e. The minimum absolute atomic E-state index is 0.164. The summed E-state index contributed by atoms with van der Waals surface area (Å²) in [4.78, 5) is 11.4. The third-order valence-electron chi connectivity index (χ3n) is 2.56. The van der Waals surface area contributed by atoms with Gasteiger partial charge in [-0.25, -0.2) is 0 Å². The second kappa shape index (κ2) is 3.73. The van der Waals surface area contributed by atoms with Gasteiger partial charge in [-0.15, -0.1) is 6.58 Å². The lowest BCUT2D eigenvalue weighted by Gasteiger charge is -2.28. The van der Waals surface area contributed by atoms with Crippen LogP contribution in [-0.2, 0) is 4.79 Å². The highest BCUT2D eigenvalue weighted by atomic mass is 19.4. The van der Waals surface area contributed by atoms with Crippen LogP contribution in [0.25, 0.3) is 0 Å². The third-order valence-corrected chi connectivity index (χ3v) is 2.56. The second-order valence-electron chi connectivity index (χ2n) is 3.42. The molecule has 1 atom stereocenters. The molecule has 0 aromatic heterocycles. The van der Waals surface area contributed by atoms with Gasteiger partial charge in [0, 0.05) is 13.0 Å². The Morgan fingerprint density at radius 1 is 1.57 bits per heavy atom. The first-order valence-corrected chi connectivity index (χ1v) is 4.36. The van der Waals surface area contributed by atoms with Crippen LogP contribution in [0.3, 0.4) is 0 Å². The Morgan fingerprint density at radius 2 is 2.21 bits per heavy atom. The van der Waals surface area contributed by atoms with Gasteiger partial charge < -0.3 is 5.32 Å². The van der Waals surface area contributed by atoms with Crippen molar-refractivity contribution in [2.45, 2.75) is 19.0 Å². The molecule has 0 saturated carbocycles. The molecule has 0 bridgehead atoms. The smallest absolute Gasteiger partial charge is 0.315 e. The van der Waals surface area contributed by atoms with E-state index < -0.39 is 17.4 Å². The fourth-order valence-electron chi connectivity index (χ4n) is 1.66. The molecule has 0 amide bonds. The van der Waals surface area contributed by atoms with Crippen LogP contribution in [0.4, 0.5) is 13.2 Å². The summed E-state index contributed by atoms with van der Waals surface area (Å²) >= 11 is 0. The van der Waals surface area contributed by atoms with Crippen LogP contribution in [0.15, 0.2) is 12.7 Å². The van der Waals surface area contributed by atoms with Crippen LogP contribution in [-0.4, -0.2) is 25.0 Å². The molecule has 0 aliphatic carbocycles. The highest BCUT2D eigenvalue weighted by molar-refractivity contribution is 5.87. The molecule has 0 aromatic rings. The van der Waals surface area contributed by atoms with Gasteiger partial charge in [-0.2, -0.15) is 13.2 Å². The number of halogens is 3. The summed E-state index contributed by atoms with van der Waals surface area (Å²) in [6.45, 7) is 3.21. The van der Waals surface area contributed by atoms with Crippen LogP contribution in [0.1, 0.15) is 12.8 Å². The summed E-state index contributed by atoms with van der Waals surface area (Å²) in [7, 11) is 0. The summed E-state index contributed by atoms with van der Waals surface area (Å²) in [5.41, 5.74) is -2.18. The Balaban J connectivity index is 2.93. The third kappa shape index (κ3) is 1.68. The van der Waals surface area contributed by atoms with E-state index in [0.717, 1.165) is 0 Å². The number of hydrogen-bond acceptors (Lipinski definition) is 2. The van der Waals surface area contributed by atoms with Crippen molar-refractivity contribution < 1.29 is 18.0 Å². The van der Waals surface area contributed by atoms with Crippen LogP contribution in [0, 0.1) is 5.41 Å². The van der Waals surface area contributed by atoms with Crippen molar-refractivity contribution in [2.75, 3.05) is 13.1 Å². The topological polar surface area (TPSA) is 29.1 Å². The van der Waals surface area contributed by atoms with Crippen LogP contribution in [0.5, 0.6) is 0 Å². The molecular weight excluding hydrogens is 195 g/mol. The fourth-order valence-corrected chi connectivity index (χ4v) is 1.66. The summed E-state index contributed by atoms with van der Waals surface area (Å²) in [5, 5.41) is 2.58. The van der Waals surface area contributed by atoms with E-state index in [0.29, 0.717) is 0 Å². The molecule has 2 nitrogen and oxygen atoms in total. The van der Waals surface area contributed by atoms with Gasteiger partial charge in [0.1, 0.15) is 5.41 Å². The number of hydrogen-bond donors (Lipinski definition) is 1. The van der Waals surface area contributed by atoms with E-state index in [2.05, 4.69) is 11.9 Å².